The lowest BCUT2D eigenvalue weighted by molar-refractivity contribution is 0.562. The Morgan fingerprint density at radius 3 is 2.38 bits per heavy atom. The molecule has 0 bridgehead atoms. The maximum Gasteiger partial charge on any atom is 0.193 e. The maximum absolute atomic E-state index is 12.0. The smallest absolute Gasteiger partial charge is 0.193 e. The minimum atomic E-state index is -3.34. The summed E-state index contributed by atoms with van der Waals surface area (Å²) in [5.74, 6) is 0. The summed E-state index contributed by atoms with van der Waals surface area (Å²) in [7, 11) is -3.34. The highest BCUT2D eigenvalue weighted by molar-refractivity contribution is 7.92. The SMILES string of the molecule is CCCCCC(N)S(=O)(=O)c1ccccc1. The summed E-state index contributed by atoms with van der Waals surface area (Å²) in [6.07, 6.45) is 3.49. The molecule has 0 spiro atoms. The zero-order chi connectivity index (χ0) is 12.0. The molecule has 0 fully saturated rings. The number of benzene rings is 1. The van der Waals surface area contributed by atoms with E-state index in [-0.39, 0.29) is 0 Å². The third-order valence-electron chi connectivity index (χ3n) is 2.56. The standard InChI is InChI=1S/C12H19NO2S/c1-2-3-5-10-12(13)16(14,15)11-8-6-4-7-9-11/h4,6-9,12H,2-3,5,10,13H2,1H3. The van der Waals surface area contributed by atoms with E-state index < -0.39 is 15.2 Å². The average molecular weight is 241 g/mol. The summed E-state index contributed by atoms with van der Waals surface area (Å²) >= 11 is 0. The average Bonchev–Trinajstić information content (AvgIpc) is 2.30. The van der Waals surface area contributed by atoms with Gasteiger partial charge in [0.2, 0.25) is 0 Å². The van der Waals surface area contributed by atoms with Crippen molar-refractivity contribution in [2.45, 2.75) is 42.9 Å². The Morgan fingerprint density at radius 1 is 1.19 bits per heavy atom. The topological polar surface area (TPSA) is 60.2 Å². The molecule has 1 atom stereocenters. The molecule has 1 unspecified atom stereocenters. The number of sulfone groups is 1. The van der Waals surface area contributed by atoms with Gasteiger partial charge in [-0.3, -0.25) is 0 Å². The third-order valence-corrected chi connectivity index (χ3v) is 4.52. The van der Waals surface area contributed by atoms with Crippen LogP contribution in [0.1, 0.15) is 32.6 Å². The molecule has 3 nitrogen and oxygen atoms in total. The highest BCUT2D eigenvalue weighted by Crippen LogP contribution is 2.16. The molecular weight excluding hydrogens is 222 g/mol. The molecule has 0 aromatic heterocycles. The Morgan fingerprint density at radius 2 is 1.81 bits per heavy atom. The van der Waals surface area contributed by atoms with Gasteiger partial charge in [0.25, 0.3) is 0 Å². The molecule has 1 aromatic rings. The van der Waals surface area contributed by atoms with Gasteiger partial charge in [0.1, 0.15) is 5.37 Å². The van der Waals surface area contributed by atoms with E-state index in [2.05, 4.69) is 6.92 Å². The van der Waals surface area contributed by atoms with Gasteiger partial charge < -0.3 is 5.73 Å². The van der Waals surface area contributed by atoms with Crippen molar-refractivity contribution in [3.05, 3.63) is 30.3 Å². The molecule has 90 valence electrons. The second kappa shape index (κ2) is 6.01. The fourth-order valence-corrected chi connectivity index (χ4v) is 2.90. The zero-order valence-electron chi connectivity index (χ0n) is 9.59. The predicted octanol–water partition coefficient (Wildman–Crippen LogP) is 2.33. The van der Waals surface area contributed by atoms with Gasteiger partial charge in [0.15, 0.2) is 9.84 Å². The number of hydrogen-bond acceptors (Lipinski definition) is 3. The van der Waals surface area contributed by atoms with Crippen molar-refractivity contribution in [1.82, 2.24) is 0 Å². The molecule has 0 saturated carbocycles. The van der Waals surface area contributed by atoms with E-state index in [1.807, 2.05) is 0 Å². The summed E-state index contributed by atoms with van der Waals surface area (Å²) in [6.45, 7) is 2.08. The molecule has 1 aromatic carbocycles. The van der Waals surface area contributed by atoms with Crippen LogP contribution in [0.15, 0.2) is 35.2 Å². The van der Waals surface area contributed by atoms with Gasteiger partial charge in [-0.1, -0.05) is 44.4 Å². The molecule has 0 aliphatic carbocycles. The largest absolute Gasteiger partial charge is 0.315 e. The van der Waals surface area contributed by atoms with Crippen molar-refractivity contribution < 1.29 is 8.42 Å². The summed E-state index contributed by atoms with van der Waals surface area (Å²) in [5, 5.41) is -0.776. The van der Waals surface area contributed by atoms with Crippen molar-refractivity contribution in [3.63, 3.8) is 0 Å². The van der Waals surface area contributed by atoms with E-state index in [1.54, 1.807) is 30.3 Å². The minimum absolute atomic E-state index is 0.319. The van der Waals surface area contributed by atoms with Crippen LogP contribution in [0.2, 0.25) is 0 Å². The molecule has 0 radical (unpaired) electrons. The first-order valence-corrected chi connectivity index (χ1v) is 7.18. The van der Waals surface area contributed by atoms with Gasteiger partial charge >= 0.3 is 0 Å². The van der Waals surface area contributed by atoms with Crippen LogP contribution in [-0.4, -0.2) is 13.8 Å². The summed E-state index contributed by atoms with van der Waals surface area (Å²) in [5.41, 5.74) is 5.74. The van der Waals surface area contributed by atoms with Crippen LogP contribution in [0, 0.1) is 0 Å². The van der Waals surface area contributed by atoms with Gasteiger partial charge in [0.05, 0.1) is 4.90 Å². The van der Waals surface area contributed by atoms with E-state index in [9.17, 15) is 8.42 Å². The Labute approximate surface area is 97.6 Å². The number of nitrogens with two attached hydrogens (primary N) is 1. The monoisotopic (exact) mass is 241 g/mol. The lowest BCUT2D eigenvalue weighted by atomic mass is 10.2. The van der Waals surface area contributed by atoms with Crippen molar-refractivity contribution in [2.24, 2.45) is 5.73 Å². The quantitative estimate of drug-likeness (QED) is 0.777. The fourth-order valence-electron chi connectivity index (χ4n) is 1.54. The second-order valence-electron chi connectivity index (χ2n) is 3.89. The zero-order valence-corrected chi connectivity index (χ0v) is 10.4. The van der Waals surface area contributed by atoms with Crippen LogP contribution in [0.3, 0.4) is 0 Å². The van der Waals surface area contributed by atoms with Crippen LogP contribution in [0.5, 0.6) is 0 Å². The van der Waals surface area contributed by atoms with E-state index in [4.69, 9.17) is 5.73 Å². The van der Waals surface area contributed by atoms with E-state index >= 15 is 0 Å². The van der Waals surface area contributed by atoms with Crippen LogP contribution in [-0.2, 0) is 9.84 Å². The molecule has 1 rings (SSSR count). The Hall–Kier alpha value is -0.870. The highest BCUT2D eigenvalue weighted by Gasteiger charge is 2.22. The van der Waals surface area contributed by atoms with Gasteiger partial charge in [-0.15, -0.1) is 0 Å². The fraction of sp³-hybridized carbons (Fsp3) is 0.500. The van der Waals surface area contributed by atoms with Crippen molar-refractivity contribution in [3.8, 4) is 0 Å². The van der Waals surface area contributed by atoms with E-state index in [0.29, 0.717) is 11.3 Å². The number of unbranched alkanes of at least 4 members (excludes halogenated alkanes) is 2. The lowest BCUT2D eigenvalue weighted by Crippen LogP contribution is -2.30. The van der Waals surface area contributed by atoms with Crippen LogP contribution >= 0.6 is 0 Å². The van der Waals surface area contributed by atoms with Crippen LogP contribution < -0.4 is 5.73 Å². The maximum atomic E-state index is 12.0. The van der Waals surface area contributed by atoms with E-state index in [1.165, 1.54) is 0 Å². The minimum Gasteiger partial charge on any atom is -0.315 e. The first kappa shape index (κ1) is 13.2. The van der Waals surface area contributed by atoms with Crippen molar-refractivity contribution in [1.29, 1.82) is 0 Å². The summed E-state index contributed by atoms with van der Waals surface area (Å²) in [4.78, 5) is 0.319. The number of hydrogen-bond donors (Lipinski definition) is 1. The molecule has 0 amide bonds. The first-order chi connectivity index (χ1) is 7.59. The van der Waals surface area contributed by atoms with Crippen molar-refractivity contribution in [2.75, 3.05) is 0 Å². The molecule has 2 N–H and O–H groups in total. The van der Waals surface area contributed by atoms with Crippen LogP contribution in [0.4, 0.5) is 0 Å². The molecule has 0 aliphatic rings. The first-order valence-electron chi connectivity index (χ1n) is 5.63. The van der Waals surface area contributed by atoms with Gasteiger partial charge in [0, 0.05) is 0 Å². The van der Waals surface area contributed by atoms with Crippen molar-refractivity contribution >= 4 is 9.84 Å². The van der Waals surface area contributed by atoms with Gasteiger partial charge in [-0.05, 0) is 18.6 Å². The second-order valence-corrected chi connectivity index (χ2v) is 6.06. The van der Waals surface area contributed by atoms with Gasteiger partial charge in [-0.25, -0.2) is 8.42 Å². The Balaban J connectivity index is 2.71. The summed E-state index contributed by atoms with van der Waals surface area (Å²) in [6, 6.07) is 8.41. The Kier molecular flexibility index (Phi) is 4.96. The molecule has 0 aliphatic heterocycles. The Bertz CT molecular complexity index is 400. The highest BCUT2D eigenvalue weighted by atomic mass is 32.2. The molecule has 16 heavy (non-hydrogen) atoms. The predicted molar refractivity (Wildman–Crippen MR) is 65.7 cm³/mol. The molecule has 0 saturated heterocycles. The molecular formula is C12H19NO2S. The number of rotatable bonds is 6. The normalized spacial score (nSPS) is 13.6. The summed E-state index contributed by atoms with van der Waals surface area (Å²) < 4.78 is 24.0. The molecule has 4 heteroatoms. The third kappa shape index (κ3) is 3.32. The van der Waals surface area contributed by atoms with E-state index in [0.717, 1.165) is 19.3 Å². The van der Waals surface area contributed by atoms with Gasteiger partial charge in [-0.2, -0.15) is 0 Å². The lowest BCUT2D eigenvalue weighted by Gasteiger charge is -2.12. The van der Waals surface area contributed by atoms with Crippen LogP contribution in [0.25, 0.3) is 0 Å². The molecule has 0 heterocycles.